The number of furan rings is 1. The Hall–Kier alpha value is -10.8. The lowest BCUT2D eigenvalue weighted by Gasteiger charge is -2.35. The predicted octanol–water partition coefficient (Wildman–Crippen LogP) is 21.1. The van der Waals surface area contributed by atoms with Gasteiger partial charge < -0.3 is 14.2 Å². The van der Waals surface area contributed by atoms with Crippen molar-refractivity contribution in [1.82, 2.24) is 0 Å². The maximum atomic E-state index is 14.9. The molecule has 15 rings (SSSR count). The summed E-state index contributed by atoms with van der Waals surface area (Å²) in [6.07, 6.45) is 3.65. The summed E-state index contributed by atoms with van der Waals surface area (Å²) >= 11 is 0. The lowest BCUT2D eigenvalue weighted by molar-refractivity contribution is 0.624. The molecule has 2 aliphatic carbocycles. The summed E-state index contributed by atoms with van der Waals surface area (Å²) in [6.45, 7) is 8.03. The van der Waals surface area contributed by atoms with E-state index < -0.39 is 10.8 Å². The first kappa shape index (κ1) is 51.1. The molecule has 0 fully saturated rings. The van der Waals surface area contributed by atoms with Crippen molar-refractivity contribution < 1.29 is 22.0 Å². The highest BCUT2D eigenvalue weighted by atomic mass is 19.1. The van der Waals surface area contributed by atoms with E-state index in [1.54, 1.807) is 24.3 Å². The average molecular weight is 1110 g/mol. The molecule has 0 bridgehead atoms. The van der Waals surface area contributed by atoms with E-state index in [0.29, 0.717) is 11.2 Å². The number of fused-ring (bicyclic) bond motifs is 9. The van der Waals surface area contributed by atoms with Crippen LogP contribution in [0.25, 0.3) is 56.3 Å². The minimum Gasteiger partial charge on any atom is -0.456 e. The van der Waals surface area contributed by atoms with Crippen LogP contribution >= 0.6 is 0 Å². The molecule has 12 aromatic carbocycles. The Morgan fingerprint density at radius 1 is 0.294 bits per heavy atom. The Balaban J connectivity index is 0.883. The van der Waals surface area contributed by atoms with Gasteiger partial charge in [0, 0.05) is 57.0 Å². The van der Waals surface area contributed by atoms with E-state index >= 15 is 0 Å². The molecule has 1 heterocycles. The third-order valence-electron chi connectivity index (χ3n) is 17.4. The zero-order valence-corrected chi connectivity index (χ0v) is 45.8. The molecule has 0 saturated carbocycles. The van der Waals surface area contributed by atoms with Gasteiger partial charge >= 0.3 is 0 Å². The number of rotatable bonds is 12. The fourth-order valence-corrected chi connectivity index (χ4v) is 13.6. The van der Waals surface area contributed by atoms with E-state index in [1.165, 1.54) is 48.5 Å². The van der Waals surface area contributed by atoms with Gasteiger partial charge in [-0.1, -0.05) is 159 Å². The molecule has 0 radical (unpaired) electrons. The minimum atomic E-state index is -0.847. The molecule has 7 heteroatoms. The summed E-state index contributed by atoms with van der Waals surface area (Å²) in [4.78, 5) is 4.22. The molecular formula is C78H50F4N2O. The van der Waals surface area contributed by atoms with Crippen LogP contribution in [-0.4, -0.2) is 0 Å². The Morgan fingerprint density at radius 3 is 0.953 bits per heavy atom. The van der Waals surface area contributed by atoms with Gasteiger partial charge in [-0.15, -0.1) is 0 Å². The van der Waals surface area contributed by atoms with Crippen molar-refractivity contribution in [3.63, 3.8) is 0 Å². The normalized spacial score (nSPS) is 15.5. The van der Waals surface area contributed by atoms with Crippen LogP contribution in [0.2, 0.25) is 0 Å². The second-order valence-corrected chi connectivity index (χ2v) is 21.8. The topological polar surface area (TPSA) is 19.6 Å². The molecule has 0 amide bonds. The minimum absolute atomic E-state index is 0.325. The third-order valence-corrected chi connectivity index (χ3v) is 17.4. The van der Waals surface area contributed by atoms with Crippen molar-refractivity contribution in [1.29, 1.82) is 0 Å². The van der Waals surface area contributed by atoms with E-state index in [4.69, 9.17) is 4.42 Å². The molecule has 13 aromatic rings. The van der Waals surface area contributed by atoms with E-state index in [0.717, 1.165) is 123 Å². The largest absolute Gasteiger partial charge is 0.456 e. The van der Waals surface area contributed by atoms with Crippen LogP contribution in [0.1, 0.15) is 55.6 Å². The van der Waals surface area contributed by atoms with Crippen LogP contribution in [0.3, 0.4) is 0 Å². The third kappa shape index (κ3) is 8.02. The van der Waals surface area contributed by atoms with E-state index in [2.05, 4.69) is 169 Å². The molecule has 2 atom stereocenters. The first-order chi connectivity index (χ1) is 41.6. The Kier molecular flexibility index (Phi) is 12.0. The summed E-state index contributed by atoms with van der Waals surface area (Å²) in [5, 5.41) is 1.78. The standard InChI is InChI=1S/C78H50F4N2O/c1-3-49-13-17-51(18-14-49)77(53-21-25-55(79)26-22-53)71-11-7-5-9-65(71)67-41-37-61(45-73(67)77)83(59-33-29-57(81)30-34-59)63-39-43-69-70-44-40-64(48-76(70)85-75(69)47-63)84(60-35-31-58(82)32-36-60)62-38-42-68-66-10-6-8-12-72(66)78(74(68)46-62,54-23-27-56(80)28-24-54)52-19-15-50(4-2)16-20-52/h3-48H,1-2H2. The van der Waals surface area contributed by atoms with Gasteiger partial charge in [-0.3, -0.25) is 0 Å². The van der Waals surface area contributed by atoms with Crippen LogP contribution in [0.15, 0.2) is 284 Å². The van der Waals surface area contributed by atoms with Crippen LogP contribution in [0.5, 0.6) is 0 Å². The number of benzene rings is 12. The molecule has 0 N–H and O–H groups in total. The summed E-state index contributed by atoms with van der Waals surface area (Å²) in [7, 11) is 0. The molecule has 2 unspecified atom stereocenters. The van der Waals surface area contributed by atoms with Gasteiger partial charge in [0.2, 0.25) is 0 Å². The SMILES string of the molecule is C=Cc1ccc(C2(c3ccc(F)cc3)c3ccccc3-c3ccc(N(c4ccc(F)cc4)c4ccc5c(c4)oc4cc(N(c6ccc(F)cc6)c6ccc7c(c6)C(c6ccc(F)cc6)(c6ccc(C=C)cc6)c6ccccc6-7)ccc45)cc32)cc1. The molecule has 406 valence electrons. The van der Waals surface area contributed by atoms with Crippen molar-refractivity contribution in [3.05, 3.63) is 359 Å². The lowest BCUT2D eigenvalue weighted by Crippen LogP contribution is -2.29. The smallest absolute Gasteiger partial charge is 0.137 e. The quantitative estimate of drug-likeness (QED) is 0.114. The van der Waals surface area contributed by atoms with Crippen LogP contribution < -0.4 is 9.80 Å². The zero-order chi connectivity index (χ0) is 57.6. The maximum absolute atomic E-state index is 14.9. The predicted molar refractivity (Wildman–Crippen MR) is 338 cm³/mol. The highest BCUT2D eigenvalue weighted by Crippen LogP contribution is 2.59. The molecule has 0 aliphatic heterocycles. The average Bonchev–Trinajstić information content (AvgIpc) is 1.71. The van der Waals surface area contributed by atoms with Gasteiger partial charge in [-0.25, -0.2) is 17.6 Å². The Labute approximate surface area is 489 Å². The van der Waals surface area contributed by atoms with Gasteiger partial charge in [-0.05, 0) is 199 Å². The second-order valence-electron chi connectivity index (χ2n) is 21.8. The van der Waals surface area contributed by atoms with Gasteiger partial charge in [0.05, 0.1) is 10.8 Å². The van der Waals surface area contributed by atoms with Gasteiger partial charge in [0.1, 0.15) is 34.4 Å². The van der Waals surface area contributed by atoms with Gasteiger partial charge in [0.15, 0.2) is 0 Å². The number of hydrogen-bond donors (Lipinski definition) is 0. The van der Waals surface area contributed by atoms with Gasteiger partial charge in [0.25, 0.3) is 0 Å². The fourth-order valence-electron chi connectivity index (χ4n) is 13.6. The molecule has 0 saturated heterocycles. The monoisotopic (exact) mass is 1110 g/mol. The first-order valence-corrected chi connectivity index (χ1v) is 28.2. The maximum Gasteiger partial charge on any atom is 0.137 e. The molecule has 0 spiro atoms. The van der Waals surface area contributed by atoms with Crippen molar-refractivity contribution >= 4 is 68.2 Å². The zero-order valence-electron chi connectivity index (χ0n) is 45.8. The van der Waals surface area contributed by atoms with E-state index in [-0.39, 0.29) is 23.3 Å². The van der Waals surface area contributed by atoms with Crippen molar-refractivity contribution in [3.8, 4) is 22.3 Å². The number of hydrogen-bond acceptors (Lipinski definition) is 3. The second kappa shape index (κ2) is 20.0. The van der Waals surface area contributed by atoms with Crippen LogP contribution in [0.4, 0.5) is 51.7 Å². The Bertz CT molecular complexity index is 4480. The molecule has 85 heavy (non-hydrogen) atoms. The molecule has 3 nitrogen and oxygen atoms in total. The van der Waals surface area contributed by atoms with Crippen molar-refractivity contribution in [2.75, 3.05) is 9.80 Å². The highest BCUT2D eigenvalue weighted by Gasteiger charge is 2.48. The van der Waals surface area contributed by atoms with Crippen LogP contribution in [0, 0.1) is 23.3 Å². The molecular weight excluding hydrogens is 1060 g/mol. The summed E-state index contributed by atoms with van der Waals surface area (Å²) in [5.41, 5.74) is 18.4. The number of anilines is 6. The van der Waals surface area contributed by atoms with Crippen molar-refractivity contribution in [2.45, 2.75) is 10.8 Å². The molecule has 2 aliphatic rings. The summed E-state index contributed by atoms with van der Waals surface area (Å²) in [6, 6.07) is 85.4. The first-order valence-electron chi connectivity index (χ1n) is 28.2. The Morgan fingerprint density at radius 2 is 0.588 bits per heavy atom. The number of halogens is 4. The highest BCUT2D eigenvalue weighted by molar-refractivity contribution is 6.07. The van der Waals surface area contributed by atoms with E-state index in [9.17, 15) is 17.6 Å². The van der Waals surface area contributed by atoms with Crippen LogP contribution in [-0.2, 0) is 10.8 Å². The number of nitrogens with zero attached hydrogens (tertiary/aromatic N) is 2. The fraction of sp³-hybridized carbons (Fsp3) is 0.0256. The summed E-state index contributed by atoms with van der Waals surface area (Å²) < 4.78 is 66.6. The molecule has 1 aromatic heterocycles. The van der Waals surface area contributed by atoms with Crippen molar-refractivity contribution in [2.24, 2.45) is 0 Å². The lowest BCUT2D eigenvalue weighted by atomic mass is 9.67. The van der Waals surface area contributed by atoms with E-state index in [1.807, 2.05) is 60.7 Å². The summed E-state index contributed by atoms with van der Waals surface area (Å²) in [5.74, 6) is -1.37. The van der Waals surface area contributed by atoms with Gasteiger partial charge in [-0.2, -0.15) is 0 Å².